The molecule has 0 aliphatic carbocycles. The Morgan fingerprint density at radius 3 is 2.59 bits per heavy atom. The van der Waals surface area contributed by atoms with Crippen LogP contribution in [0.1, 0.15) is 54.9 Å². The van der Waals surface area contributed by atoms with Gasteiger partial charge in [0.15, 0.2) is 11.5 Å². The number of aryl methyl sites for hydroxylation is 1. The molecule has 0 saturated heterocycles. The quantitative estimate of drug-likeness (QED) is 0.460. The molecule has 3 N–H and O–H groups in total. The normalized spacial score (nSPS) is 11.7. The van der Waals surface area contributed by atoms with E-state index in [1.807, 2.05) is 12.1 Å². The third kappa shape index (κ3) is 4.59. The van der Waals surface area contributed by atoms with Crippen molar-refractivity contribution in [1.82, 2.24) is 10.3 Å². The Bertz CT molecular complexity index is 1260. The van der Waals surface area contributed by atoms with Crippen molar-refractivity contribution in [2.75, 3.05) is 18.7 Å². The third-order valence-corrected chi connectivity index (χ3v) is 5.45. The van der Waals surface area contributed by atoms with E-state index in [-0.39, 0.29) is 31.5 Å². The fourth-order valence-electron chi connectivity index (χ4n) is 3.79. The molecule has 176 valence electrons. The van der Waals surface area contributed by atoms with Crippen LogP contribution in [0.25, 0.3) is 0 Å². The topological polar surface area (TPSA) is 119 Å². The van der Waals surface area contributed by atoms with Crippen LogP contribution in [0.2, 0.25) is 0 Å². The van der Waals surface area contributed by atoms with Gasteiger partial charge in [0.05, 0.1) is 23.4 Å². The molecule has 9 nitrogen and oxygen atoms in total. The monoisotopic (exact) mass is 463 g/mol. The van der Waals surface area contributed by atoms with E-state index in [1.54, 1.807) is 51.1 Å². The van der Waals surface area contributed by atoms with Gasteiger partial charge in [0, 0.05) is 12.2 Å². The van der Waals surface area contributed by atoms with Crippen LogP contribution >= 0.6 is 0 Å². The van der Waals surface area contributed by atoms with Gasteiger partial charge in [-0.15, -0.1) is 0 Å². The minimum Gasteiger partial charge on any atom is -0.462 e. The molecule has 1 aliphatic heterocycles. The Hall–Kier alpha value is -4.27. The number of fused-ring (bicyclic) bond motifs is 1. The van der Waals surface area contributed by atoms with Crippen LogP contribution in [0.15, 0.2) is 42.5 Å². The lowest BCUT2D eigenvalue weighted by atomic mass is 10.1. The van der Waals surface area contributed by atoms with E-state index >= 15 is 0 Å². The average Bonchev–Trinajstić information content (AvgIpc) is 3.41. The van der Waals surface area contributed by atoms with Gasteiger partial charge in [0.2, 0.25) is 6.79 Å². The van der Waals surface area contributed by atoms with E-state index in [9.17, 15) is 14.4 Å². The molecule has 2 amide bonds. The van der Waals surface area contributed by atoms with Crippen molar-refractivity contribution in [3.05, 3.63) is 76.1 Å². The number of benzene rings is 2. The summed E-state index contributed by atoms with van der Waals surface area (Å²) in [6.07, 6.45) is 0. The summed E-state index contributed by atoms with van der Waals surface area (Å²) in [6.45, 7) is 5.79. The molecule has 34 heavy (non-hydrogen) atoms. The highest BCUT2D eigenvalue weighted by molar-refractivity contribution is 6.10. The minimum absolute atomic E-state index is 0.180. The van der Waals surface area contributed by atoms with Crippen molar-refractivity contribution in [2.45, 2.75) is 27.3 Å². The van der Waals surface area contributed by atoms with Crippen LogP contribution in [0.5, 0.6) is 11.5 Å². The van der Waals surface area contributed by atoms with Gasteiger partial charge in [-0.25, -0.2) is 4.79 Å². The molecule has 9 heteroatoms. The largest absolute Gasteiger partial charge is 0.462 e. The van der Waals surface area contributed by atoms with Gasteiger partial charge >= 0.3 is 5.97 Å². The molecule has 2 heterocycles. The summed E-state index contributed by atoms with van der Waals surface area (Å²) in [5, 5.41) is 5.63. The highest BCUT2D eigenvalue weighted by Crippen LogP contribution is 2.32. The van der Waals surface area contributed by atoms with Gasteiger partial charge in [0.1, 0.15) is 5.69 Å². The molecule has 0 radical (unpaired) electrons. The molecule has 0 fully saturated rings. The number of carbonyl (C=O) groups is 3. The molecule has 1 aromatic heterocycles. The number of hydrogen-bond acceptors (Lipinski definition) is 6. The molecule has 3 aromatic rings. The summed E-state index contributed by atoms with van der Waals surface area (Å²) in [5.41, 5.74) is 3.10. The highest BCUT2D eigenvalue weighted by Gasteiger charge is 2.24. The van der Waals surface area contributed by atoms with E-state index in [4.69, 9.17) is 14.2 Å². The number of anilines is 1. The number of hydrogen-bond donors (Lipinski definition) is 3. The summed E-state index contributed by atoms with van der Waals surface area (Å²) < 4.78 is 15.8. The molecular formula is C25H25N3O6. The molecule has 2 aromatic carbocycles. The smallest absolute Gasteiger partial charge is 0.340 e. The zero-order chi connectivity index (χ0) is 24.2. The highest BCUT2D eigenvalue weighted by atomic mass is 16.7. The molecular weight excluding hydrogens is 438 g/mol. The van der Waals surface area contributed by atoms with Gasteiger partial charge in [-0.1, -0.05) is 18.2 Å². The number of para-hydroxylation sites is 1. The number of rotatable bonds is 7. The standard InChI is InChI=1S/C25H25N3O6/c1-4-32-25(31)21-14(2)22(27-15(21)3)24(30)28-18-8-6-5-7-17(18)23(29)26-12-16-9-10-19-20(11-16)34-13-33-19/h5-11,27H,4,12-13H2,1-3H3,(H,26,29)(H,28,30). The first-order chi connectivity index (χ1) is 16.4. The number of carbonyl (C=O) groups excluding carboxylic acids is 3. The first-order valence-corrected chi connectivity index (χ1v) is 10.8. The lowest BCUT2D eigenvalue weighted by molar-refractivity contribution is 0.0524. The van der Waals surface area contributed by atoms with E-state index in [0.29, 0.717) is 39.6 Å². The molecule has 0 saturated carbocycles. The van der Waals surface area contributed by atoms with E-state index in [0.717, 1.165) is 5.56 Å². The Labute approximate surface area is 196 Å². The van der Waals surface area contributed by atoms with Crippen LogP contribution in [0.3, 0.4) is 0 Å². The van der Waals surface area contributed by atoms with Crippen LogP contribution < -0.4 is 20.1 Å². The number of esters is 1. The maximum Gasteiger partial charge on any atom is 0.340 e. The second-order valence-electron chi connectivity index (χ2n) is 7.72. The summed E-state index contributed by atoms with van der Waals surface area (Å²) in [5.74, 6) is 0.00531. The molecule has 0 bridgehead atoms. The van der Waals surface area contributed by atoms with Crippen LogP contribution in [0, 0.1) is 13.8 Å². The Morgan fingerprint density at radius 2 is 1.79 bits per heavy atom. The van der Waals surface area contributed by atoms with Gasteiger partial charge < -0.3 is 29.8 Å². The minimum atomic E-state index is -0.490. The molecule has 4 rings (SSSR count). The lowest BCUT2D eigenvalue weighted by Gasteiger charge is -2.12. The van der Waals surface area contributed by atoms with E-state index in [1.165, 1.54) is 0 Å². The average molecular weight is 463 g/mol. The number of nitrogens with one attached hydrogen (secondary N) is 3. The first-order valence-electron chi connectivity index (χ1n) is 10.8. The number of aromatic amines is 1. The Balaban J connectivity index is 1.48. The van der Waals surface area contributed by atoms with Crippen LogP contribution in [-0.2, 0) is 11.3 Å². The second kappa shape index (κ2) is 9.70. The molecule has 0 atom stereocenters. The summed E-state index contributed by atoms with van der Waals surface area (Å²) in [6, 6.07) is 12.2. The van der Waals surface area contributed by atoms with Crippen molar-refractivity contribution in [2.24, 2.45) is 0 Å². The second-order valence-corrected chi connectivity index (χ2v) is 7.72. The van der Waals surface area contributed by atoms with Crippen molar-refractivity contribution < 1.29 is 28.6 Å². The predicted molar refractivity (Wildman–Crippen MR) is 124 cm³/mol. The first kappa shape index (κ1) is 22.9. The fourth-order valence-corrected chi connectivity index (χ4v) is 3.79. The Kier molecular flexibility index (Phi) is 6.53. The van der Waals surface area contributed by atoms with Crippen molar-refractivity contribution in [3.63, 3.8) is 0 Å². The molecule has 1 aliphatic rings. The van der Waals surface area contributed by atoms with Gasteiger partial charge in [0.25, 0.3) is 11.8 Å². The zero-order valence-electron chi connectivity index (χ0n) is 19.1. The SMILES string of the molecule is CCOC(=O)c1c(C)[nH]c(C(=O)Nc2ccccc2C(=O)NCc2ccc3c(c2)OCO3)c1C. The van der Waals surface area contributed by atoms with Crippen molar-refractivity contribution in [3.8, 4) is 11.5 Å². The maximum absolute atomic E-state index is 13.0. The summed E-state index contributed by atoms with van der Waals surface area (Å²) in [7, 11) is 0. The van der Waals surface area contributed by atoms with Gasteiger partial charge in [-0.3, -0.25) is 9.59 Å². The van der Waals surface area contributed by atoms with Crippen LogP contribution in [0.4, 0.5) is 5.69 Å². The maximum atomic E-state index is 13.0. The Morgan fingerprint density at radius 1 is 1.03 bits per heavy atom. The fraction of sp³-hybridized carbons (Fsp3) is 0.240. The third-order valence-electron chi connectivity index (χ3n) is 5.45. The summed E-state index contributed by atoms with van der Waals surface area (Å²) >= 11 is 0. The lowest BCUT2D eigenvalue weighted by Crippen LogP contribution is -2.25. The van der Waals surface area contributed by atoms with E-state index < -0.39 is 11.9 Å². The number of H-pyrrole nitrogens is 1. The zero-order valence-corrected chi connectivity index (χ0v) is 19.1. The van der Waals surface area contributed by atoms with Crippen molar-refractivity contribution in [1.29, 1.82) is 0 Å². The van der Waals surface area contributed by atoms with Gasteiger partial charge in [-0.2, -0.15) is 0 Å². The molecule has 0 spiro atoms. The number of aromatic nitrogens is 1. The van der Waals surface area contributed by atoms with Gasteiger partial charge in [-0.05, 0) is 56.2 Å². The predicted octanol–water partition coefficient (Wildman–Crippen LogP) is 3.72. The van der Waals surface area contributed by atoms with E-state index in [2.05, 4.69) is 15.6 Å². The van der Waals surface area contributed by atoms with Crippen LogP contribution in [-0.4, -0.2) is 36.2 Å². The number of ether oxygens (including phenoxy) is 3. The molecule has 0 unspecified atom stereocenters. The number of amides is 2. The summed E-state index contributed by atoms with van der Waals surface area (Å²) in [4.78, 5) is 41.1. The van der Waals surface area contributed by atoms with Crippen molar-refractivity contribution >= 4 is 23.5 Å².